The van der Waals surface area contributed by atoms with Crippen molar-refractivity contribution in [3.05, 3.63) is 58.6 Å². The molecular weight excluding hydrogens is 251 g/mol. The van der Waals surface area contributed by atoms with Gasteiger partial charge in [-0.3, -0.25) is 0 Å². The lowest BCUT2D eigenvalue weighted by molar-refractivity contribution is 0.599. The fourth-order valence-corrected chi connectivity index (χ4v) is 2.07. The molecule has 4 heteroatoms. The molecule has 2 rings (SSSR count). The van der Waals surface area contributed by atoms with Crippen molar-refractivity contribution >= 4 is 11.6 Å². The van der Waals surface area contributed by atoms with E-state index in [4.69, 9.17) is 17.3 Å². The number of hydrogen-bond donors (Lipinski definition) is 1. The average Bonchev–Trinajstić information content (AvgIpc) is 2.81. The van der Waals surface area contributed by atoms with Gasteiger partial charge in [-0.1, -0.05) is 18.5 Å². The third-order valence-corrected chi connectivity index (χ3v) is 3.24. The van der Waals surface area contributed by atoms with Gasteiger partial charge in [-0.05, 0) is 36.2 Å². The largest absolute Gasteiger partial charge is 0.349 e. The Bertz CT molecular complexity index is 536. The van der Waals surface area contributed by atoms with E-state index in [2.05, 4.69) is 0 Å². The third-order valence-electron chi connectivity index (χ3n) is 3.00. The Morgan fingerprint density at radius 3 is 2.89 bits per heavy atom. The summed E-state index contributed by atoms with van der Waals surface area (Å²) in [6, 6.07) is 6.59. The van der Waals surface area contributed by atoms with Crippen LogP contribution in [0.3, 0.4) is 0 Å². The van der Waals surface area contributed by atoms with Crippen LogP contribution in [0.5, 0.6) is 0 Å². The van der Waals surface area contributed by atoms with Crippen molar-refractivity contribution in [1.29, 1.82) is 0 Å². The molecule has 0 aliphatic carbocycles. The quantitative estimate of drug-likeness (QED) is 0.898. The van der Waals surface area contributed by atoms with E-state index >= 15 is 0 Å². The molecule has 1 aromatic carbocycles. The first-order valence-electron chi connectivity index (χ1n) is 5.95. The summed E-state index contributed by atoms with van der Waals surface area (Å²) in [5, 5.41) is 0.545. The number of hydrogen-bond acceptors (Lipinski definition) is 1. The van der Waals surface area contributed by atoms with Crippen LogP contribution in [0.1, 0.15) is 30.5 Å². The maximum Gasteiger partial charge on any atom is 0.128 e. The van der Waals surface area contributed by atoms with Crippen molar-refractivity contribution in [3.8, 4) is 0 Å². The highest BCUT2D eigenvalue weighted by Crippen LogP contribution is 2.18. The normalized spacial score (nSPS) is 12.7. The Kier molecular flexibility index (Phi) is 4.04. The third kappa shape index (κ3) is 2.92. The highest BCUT2D eigenvalue weighted by molar-refractivity contribution is 6.30. The van der Waals surface area contributed by atoms with E-state index in [0.29, 0.717) is 17.1 Å². The van der Waals surface area contributed by atoms with Crippen LogP contribution in [-0.2, 0) is 6.54 Å². The van der Waals surface area contributed by atoms with Crippen LogP contribution in [0.15, 0.2) is 36.7 Å². The Labute approximate surface area is 111 Å². The van der Waals surface area contributed by atoms with Crippen LogP contribution in [-0.4, -0.2) is 4.57 Å². The van der Waals surface area contributed by atoms with E-state index < -0.39 is 0 Å². The van der Waals surface area contributed by atoms with Crippen LogP contribution >= 0.6 is 11.6 Å². The molecular formula is C14H16ClFN2. The molecule has 2 aromatic rings. The van der Waals surface area contributed by atoms with Crippen molar-refractivity contribution in [2.45, 2.75) is 25.9 Å². The summed E-state index contributed by atoms with van der Waals surface area (Å²) in [5.74, 6) is -0.241. The summed E-state index contributed by atoms with van der Waals surface area (Å²) in [4.78, 5) is 0. The van der Waals surface area contributed by atoms with Gasteiger partial charge in [0.05, 0.1) is 0 Å². The predicted octanol–water partition coefficient (Wildman–Crippen LogP) is 3.74. The molecule has 18 heavy (non-hydrogen) atoms. The van der Waals surface area contributed by atoms with Crippen LogP contribution in [0.2, 0.25) is 5.02 Å². The first kappa shape index (κ1) is 13.1. The zero-order valence-electron chi connectivity index (χ0n) is 10.2. The zero-order valence-corrected chi connectivity index (χ0v) is 11.0. The summed E-state index contributed by atoms with van der Waals surface area (Å²) in [6.45, 7) is 2.50. The number of nitrogens with zero attached hydrogens (tertiary/aromatic N) is 1. The Hall–Kier alpha value is -1.32. The van der Waals surface area contributed by atoms with Gasteiger partial charge in [-0.25, -0.2) is 4.39 Å². The minimum Gasteiger partial charge on any atom is -0.349 e. The second-order valence-corrected chi connectivity index (χ2v) is 4.80. The van der Waals surface area contributed by atoms with Crippen molar-refractivity contribution in [3.63, 3.8) is 0 Å². The standard InChI is InChI=1S/C14H16ClFN2/c1-2-14(17)10-5-6-18(8-10)9-11-7-12(15)3-4-13(11)16/h3-8,14H,2,9,17H2,1H3. The highest BCUT2D eigenvalue weighted by Gasteiger charge is 2.07. The van der Waals surface area contributed by atoms with Crippen molar-refractivity contribution in [1.82, 2.24) is 4.57 Å². The lowest BCUT2D eigenvalue weighted by Crippen LogP contribution is -2.07. The first-order valence-corrected chi connectivity index (χ1v) is 6.33. The summed E-state index contributed by atoms with van der Waals surface area (Å²) in [5.41, 5.74) is 7.59. The molecule has 0 radical (unpaired) electrons. The molecule has 0 saturated heterocycles. The minimum atomic E-state index is -0.241. The Morgan fingerprint density at radius 2 is 2.17 bits per heavy atom. The maximum atomic E-state index is 13.6. The van der Waals surface area contributed by atoms with Crippen LogP contribution in [0.4, 0.5) is 4.39 Å². The van der Waals surface area contributed by atoms with Gasteiger partial charge < -0.3 is 10.3 Å². The van der Waals surface area contributed by atoms with E-state index in [1.165, 1.54) is 6.07 Å². The van der Waals surface area contributed by atoms with E-state index in [1.807, 2.05) is 30.0 Å². The van der Waals surface area contributed by atoms with Gasteiger partial charge in [0, 0.05) is 35.6 Å². The van der Waals surface area contributed by atoms with E-state index in [-0.39, 0.29) is 11.9 Å². The topological polar surface area (TPSA) is 30.9 Å². The van der Waals surface area contributed by atoms with Gasteiger partial charge in [-0.2, -0.15) is 0 Å². The van der Waals surface area contributed by atoms with Gasteiger partial charge in [0.2, 0.25) is 0 Å². The number of benzene rings is 1. The predicted molar refractivity (Wildman–Crippen MR) is 72.2 cm³/mol. The molecule has 0 bridgehead atoms. The lowest BCUT2D eigenvalue weighted by Gasteiger charge is -2.07. The first-order chi connectivity index (χ1) is 8.60. The van der Waals surface area contributed by atoms with Gasteiger partial charge in [0.1, 0.15) is 5.82 Å². The van der Waals surface area contributed by atoms with Crippen molar-refractivity contribution < 1.29 is 4.39 Å². The van der Waals surface area contributed by atoms with Crippen LogP contribution in [0, 0.1) is 5.82 Å². The van der Waals surface area contributed by atoms with Crippen LogP contribution < -0.4 is 5.73 Å². The Morgan fingerprint density at radius 1 is 1.39 bits per heavy atom. The van der Waals surface area contributed by atoms with E-state index in [1.54, 1.807) is 12.1 Å². The fourth-order valence-electron chi connectivity index (χ4n) is 1.87. The highest BCUT2D eigenvalue weighted by atomic mass is 35.5. The minimum absolute atomic E-state index is 0.0375. The Balaban J connectivity index is 2.18. The fraction of sp³-hybridized carbons (Fsp3) is 0.286. The molecule has 1 atom stereocenters. The molecule has 1 unspecified atom stereocenters. The zero-order chi connectivity index (χ0) is 13.1. The molecule has 0 aliphatic rings. The second-order valence-electron chi connectivity index (χ2n) is 4.37. The summed E-state index contributed by atoms with van der Waals surface area (Å²) in [7, 11) is 0. The monoisotopic (exact) mass is 266 g/mol. The lowest BCUT2D eigenvalue weighted by atomic mass is 10.1. The number of rotatable bonds is 4. The molecule has 0 fully saturated rings. The molecule has 1 heterocycles. The molecule has 2 N–H and O–H groups in total. The second kappa shape index (κ2) is 5.55. The van der Waals surface area contributed by atoms with E-state index in [0.717, 1.165) is 12.0 Å². The van der Waals surface area contributed by atoms with Crippen molar-refractivity contribution in [2.75, 3.05) is 0 Å². The summed E-state index contributed by atoms with van der Waals surface area (Å²) in [6.07, 6.45) is 4.75. The molecule has 1 aromatic heterocycles. The molecule has 2 nitrogen and oxygen atoms in total. The average molecular weight is 267 g/mol. The van der Waals surface area contributed by atoms with Crippen LogP contribution in [0.25, 0.3) is 0 Å². The SMILES string of the molecule is CCC(N)c1ccn(Cc2cc(Cl)ccc2F)c1. The van der Waals surface area contributed by atoms with Gasteiger partial charge in [-0.15, -0.1) is 0 Å². The molecule has 0 spiro atoms. The molecule has 0 aliphatic heterocycles. The molecule has 0 amide bonds. The van der Waals surface area contributed by atoms with Gasteiger partial charge >= 0.3 is 0 Å². The summed E-state index contributed by atoms with van der Waals surface area (Å²) < 4.78 is 15.5. The molecule has 96 valence electrons. The molecule has 0 saturated carbocycles. The van der Waals surface area contributed by atoms with Crippen molar-refractivity contribution in [2.24, 2.45) is 5.73 Å². The van der Waals surface area contributed by atoms with Gasteiger partial charge in [0.25, 0.3) is 0 Å². The summed E-state index contributed by atoms with van der Waals surface area (Å²) >= 11 is 5.87. The number of halogens is 2. The smallest absolute Gasteiger partial charge is 0.128 e. The maximum absolute atomic E-state index is 13.6. The number of nitrogens with two attached hydrogens (primary N) is 1. The number of aromatic nitrogens is 1. The van der Waals surface area contributed by atoms with E-state index in [9.17, 15) is 4.39 Å². The van der Waals surface area contributed by atoms with Gasteiger partial charge in [0.15, 0.2) is 0 Å².